The molecule has 0 aliphatic heterocycles. The van der Waals surface area contributed by atoms with Gasteiger partial charge in [-0.05, 0) is 36.4 Å². The highest BCUT2D eigenvalue weighted by molar-refractivity contribution is 9.10. The summed E-state index contributed by atoms with van der Waals surface area (Å²) in [5, 5.41) is 1.77. The molecular weight excluding hydrogens is 471 g/mol. The summed E-state index contributed by atoms with van der Waals surface area (Å²) in [6.45, 7) is -0.720. The summed E-state index contributed by atoms with van der Waals surface area (Å²) in [5.41, 5.74) is -1.66. The van der Waals surface area contributed by atoms with Crippen LogP contribution in [0, 0.1) is 0 Å². The van der Waals surface area contributed by atoms with Crippen LogP contribution in [-0.2, 0) is 20.5 Å². The lowest BCUT2D eigenvalue weighted by Gasteiger charge is -2.15. The molecule has 0 radical (unpaired) electrons. The molecule has 0 unspecified atom stereocenters. The molecule has 0 saturated heterocycles. The maximum atomic E-state index is 13.0. The molecule has 1 N–H and O–H groups in total. The van der Waals surface area contributed by atoms with Crippen molar-refractivity contribution in [3.05, 3.63) is 57.5 Å². The fourth-order valence-electron chi connectivity index (χ4n) is 1.92. The van der Waals surface area contributed by atoms with Gasteiger partial charge in [0.1, 0.15) is 0 Å². The molecule has 0 atom stereocenters. The number of halogens is 5. The highest BCUT2D eigenvalue weighted by Gasteiger charge is 2.34. The van der Waals surface area contributed by atoms with Crippen molar-refractivity contribution in [3.63, 3.8) is 0 Å². The van der Waals surface area contributed by atoms with Crippen LogP contribution in [-0.4, -0.2) is 24.2 Å². The molecule has 4 nitrogen and oxygen atoms in total. The van der Waals surface area contributed by atoms with Crippen LogP contribution in [0.3, 0.4) is 0 Å². The van der Waals surface area contributed by atoms with E-state index in [1.54, 1.807) is 12.1 Å². The van der Waals surface area contributed by atoms with E-state index >= 15 is 0 Å². The molecule has 144 valence electrons. The number of hydrogen-bond donors (Lipinski definition) is 1. The summed E-state index contributed by atoms with van der Waals surface area (Å²) in [7, 11) is 0. The van der Waals surface area contributed by atoms with E-state index < -0.39 is 35.9 Å². The number of esters is 1. The molecule has 0 spiro atoms. The minimum atomic E-state index is -4.69. The van der Waals surface area contributed by atoms with E-state index in [9.17, 15) is 22.8 Å². The Morgan fingerprint density at radius 2 is 1.81 bits per heavy atom. The monoisotopic (exact) mass is 481 g/mol. The number of ether oxygens (including phenoxy) is 1. The number of benzene rings is 2. The summed E-state index contributed by atoms with van der Waals surface area (Å²) in [5.74, 6) is -1.64. The van der Waals surface area contributed by atoms with Crippen molar-refractivity contribution in [3.8, 4) is 0 Å². The third kappa shape index (κ3) is 6.75. The molecular formula is C17H12BrClF3NO3S. The van der Waals surface area contributed by atoms with Gasteiger partial charge in [-0.25, -0.2) is 0 Å². The SMILES string of the molecule is O=C(COC(=O)CSc1ccc(Br)cc1)Nc1c(Cl)cccc1C(F)(F)F. The van der Waals surface area contributed by atoms with Gasteiger partial charge in [-0.1, -0.05) is 33.6 Å². The van der Waals surface area contributed by atoms with Gasteiger partial charge >= 0.3 is 12.1 Å². The minimum absolute atomic E-state index is 0.0468. The number of carbonyl (C=O) groups is 2. The molecule has 2 rings (SSSR count). The molecule has 0 bridgehead atoms. The van der Waals surface area contributed by atoms with E-state index in [0.29, 0.717) is 0 Å². The molecule has 0 aromatic heterocycles. The lowest BCUT2D eigenvalue weighted by atomic mass is 10.1. The molecule has 10 heteroatoms. The Morgan fingerprint density at radius 3 is 2.44 bits per heavy atom. The first-order valence-electron chi connectivity index (χ1n) is 7.36. The van der Waals surface area contributed by atoms with E-state index in [1.165, 1.54) is 17.8 Å². The zero-order valence-electron chi connectivity index (χ0n) is 13.5. The van der Waals surface area contributed by atoms with Crippen LogP contribution in [0.25, 0.3) is 0 Å². The Bertz CT molecular complexity index is 831. The van der Waals surface area contributed by atoms with Crippen LogP contribution < -0.4 is 5.32 Å². The van der Waals surface area contributed by atoms with Crippen LogP contribution in [0.15, 0.2) is 51.8 Å². The third-order valence-electron chi connectivity index (χ3n) is 3.12. The number of para-hydroxylation sites is 1. The zero-order valence-corrected chi connectivity index (χ0v) is 16.6. The first-order chi connectivity index (χ1) is 12.7. The van der Waals surface area contributed by atoms with E-state index in [2.05, 4.69) is 15.9 Å². The first kappa shape index (κ1) is 21.6. The largest absolute Gasteiger partial charge is 0.455 e. The maximum Gasteiger partial charge on any atom is 0.418 e. The average molecular weight is 483 g/mol. The van der Waals surface area contributed by atoms with Gasteiger partial charge in [0.15, 0.2) is 6.61 Å². The lowest BCUT2D eigenvalue weighted by molar-refractivity contribution is -0.144. The number of carbonyl (C=O) groups excluding carboxylic acids is 2. The van der Waals surface area contributed by atoms with Crippen molar-refractivity contribution in [2.45, 2.75) is 11.1 Å². The van der Waals surface area contributed by atoms with E-state index in [-0.39, 0.29) is 10.8 Å². The van der Waals surface area contributed by atoms with Crippen LogP contribution >= 0.6 is 39.3 Å². The summed E-state index contributed by atoms with van der Waals surface area (Å²) in [6.07, 6.45) is -4.69. The second-order valence-electron chi connectivity index (χ2n) is 5.11. The topological polar surface area (TPSA) is 55.4 Å². The van der Waals surface area contributed by atoms with Gasteiger partial charge in [0.25, 0.3) is 5.91 Å². The van der Waals surface area contributed by atoms with E-state index in [1.807, 2.05) is 17.4 Å². The van der Waals surface area contributed by atoms with Crippen molar-refractivity contribution in [2.24, 2.45) is 0 Å². The summed E-state index contributed by atoms with van der Waals surface area (Å²) in [6, 6.07) is 10.3. The van der Waals surface area contributed by atoms with Crippen molar-refractivity contribution >= 4 is 56.9 Å². The molecule has 0 fully saturated rings. The van der Waals surface area contributed by atoms with E-state index in [4.69, 9.17) is 16.3 Å². The fourth-order valence-corrected chi connectivity index (χ4v) is 3.11. The van der Waals surface area contributed by atoms with Crippen LogP contribution in [0.5, 0.6) is 0 Å². The normalized spacial score (nSPS) is 11.1. The number of nitrogens with one attached hydrogen (secondary N) is 1. The highest BCUT2D eigenvalue weighted by atomic mass is 79.9. The molecule has 27 heavy (non-hydrogen) atoms. The Morgan fingerprint density at radius 1 is 1.15 bits per heavy atom. The molecule has 1 amide bonds. The fraction of sp³-hybridized carbons (Fsp3) is 0.176. The molecule has 0 aliphatic rings. The third-order valence-corrected chi connectivity index (χ3v) is 4.95. The number of thioether (sulfide) groups is 1. The standard InChI is InChI=1S/C17H12BrClF3NO3S/c18-10-4-6-11(7-5-10)27-9-15(25)26-8-14(24)23-16-12(17(20,21)22)2-1-3-13(16)19/h1-7H,8-9H2,(H,23,24). The quantitative estimate of drug-likeness (QED) is 0.443. The van der Waals surface area contributed by atoms with Gasteiger partial charge in [0, 0.05) is 9.37 Å². The Labute approximate surface area is 170 Å². The van der Waals surface area contributed by atoms with Crippen LogP contribution in [0.2, 0.25) is 5.02 Å². The second-order valence-corrected chi connectivity index (χ2v) is 7.48. The van der Waals surface area contributed by atoms with Crippen molar-refractivity contribution in [2.75, 3.05) is 17.7 Å². The number of amides is 1. The van der Waals surface area contributed by atoms with Crippen molar-refractivity contribution in [1.82, 2.24) is 0 Å². The van der Waals surface area contributed by atoms with Gasteiger partial charge in [-0.15, -0.1) is 11.8 Å². The number of alkyl halides is 3. The Balaban J connectivity index is 1.87. The molecule has 0 saturated carbocycles. The molecule has 2 aromatic rings. The Hall–Kier alpha value is -1.71. The van der Waals surface area contributed by atoms with E-state index in [0.717, 1.165) is 21.5 Å². The van der Waals surface area contributed by atoms with Gasteiger partial charge in [-0.3, -0.25) is 9.59 Å². The number of rotatable bonds is 6. The lowest BCUT2D eigenvalue weighted by Crippen LogP contribution is -2.23. The maximum absolute atomic E-state index is 13.0. The summed E-state index contributed by atoms with van der Waals surface area (Å²) < 4.78 is 44.6. The van der Waals surface area contributed by atoms with Gasteiger partial charge < -0.3 is 10.1 Å². The van der Waals surface area contributed by atoms with Crippen LogP contribution in [0.4, 0.5) is 18.9 Å². The minimum Gasteiger partial charge on any atom is -0.455 e. The van der Waals surface area contributed by atoms with Crippen LogP contribution in [0.1, 0.15) is 5.56 Å². The zero-order chi connectivity index (χ0) is 20.0. The Kier molecular flexibility index (Phi) is 7.58. The number of hydrogen-bond acceptors (Lipinski definition) is 4. The smallest absolute Gasteiger partial charge is 0.418 e. The molecule has 0 heterocycles. The van der Waals surface area contributed by atoms with Gasteiger partial charge in [0.2, 0.25) is 0 Å². The first-order valence-corrected chi connectivity index (χ1v) is 9.52. The average Bonchev–Trinajstić information content (AvgIpc) is 2.60. The summed E-state index contributed by atoms with van der Waals surface area (Å²) >= 11 is 10.2. The van der Waals surface area contributed by atoms with Crippen molar-refractivity contribution in [1.29, 1.82) is 0 Å². The summed E-state index contributed by atoms with van der Waals surface area (Å²) in [4.78, 5) is 24.4. The second kappa shape index (κ2) is 9.48. The molecule has 0 aliphatic carbocycles. The van der Waals surface area contributed by atoms with Gasteiger partial charge in [0.05, 0.1) is 22.0 Å². The van der Waals surface area contributed by atoms with Gasteiger partial charge in [-0.2, -0.15) is 13.2 Å². The number of anilines is 1. The predicted molar refractivity (Wildman–Crippen MR) is 101 cm³/mol. The molecule has 2 aromatic carbocycles. The predicted octanol–water partition coefficient (Wildman–Crippen LogP) is 5.40. The van der Waals surface area contributed by atoms with Crippen molar-refractivity contribution < 1.29 is 27.5 Å². The highest BCUT2D eigenvalue weighted by Crippen LogP contribution is 2.38.